The lowest BCUT2D eigenvalue weighted by Gasteiger charge is -2.37. The first-order valence-electron chi connectivity index (χ1n) is 38.5. The van der Waals surface area contributed by atoms with E-state index in [-0.39, 0.29) is 57.1 Å². The molecule has 25 atom stereocenters. The Bertz CT molecular complexity index is 5300. The fourth-order valence-electron chi connectivity index (χ4n) is 14.6. The quantitative estimate of drug-likeness (QED) is 0.0421. The molecule has 34 nitrogen and oxygen atoms in total. The molecule has 0 saturated carbocycles. The lowest BCUT2D eigenvalue weighted by molar-refractivity contribution is -0.214. The van der Waals surface area contributed by atoms with Gasteiger partial charge in [0.15, 0.2) is 0 Å². The van der Waals surface area contributed by atoms with E-state index >= 15 is 0 Å². The largest absolute Gasteiger partial charge is 0.480 e. The van der Waals surface area contributed by atoms with Gasteiger partial charge in [0.1, 0.15) is 172 Å². The fourth-order valence-corrected chi connectivity index (χ4v) is 15.3. The number of esters is 2. The number of carboxylic acids is 1. The number of fused-ring (bicyclic) bond motifs is 9. The van der Waals surface area contributed by atoms with Crippen LogP contribution in [0.4, 0.5) is 0 Å². The highest BCUT2D eigenvalue weighted by Crippen LogP contribution is 2.37. The first-order chi connectivity index (χ1) is 59.3. The van der Waals surface area contributed by atoms with Crippen molar-refractivity contribution in [3.8, 4) is 59.7 Å². The zero-order valence-electron chi connectivity index (χ0n) is 66.2. The van der Waals surface area contributed by atoms with Crippen LogP contribution in [0.3, 0.4) is 0 Å². The maximum absolute atomic E-state index is 12.6. The minimum absolute atomic E-state index is 0. The molecule has 126 heavy (non-hydrogen) atoms. The highest BCUT2D eigenvalue weighted by molar-refractivity contribution is 15.0. The number of ether oxygens (including phenoxy) is 7. The number of aromatic nitrogens is 3. The number of aliphatic hydroxyl groups is 20. The van der Waals surface area contributed by atoms with Gasteiger partial charge in [0.05, 0.1) is 79.3 Å². The van der Waals surface area contributed by atoms with Gasteiger partial charge in [0.2, 0.25) is 0 Å². The van der Waals surface area contributed by atoms with Crippen LogP contribution in [0, 0.1) is 59.7 Å². The number of aliphatic carboxylic acids is 1. The SMILES string of the molecule is C.C#C[C@H]1O[C@H](CO)[C@@H](O)[C@H](O)[C@@H]1O.CCOC(=O)Cn1c2cc(Br)ccc2c2ccc(Br)cc21.CCOC(=O)Cn1c2cc(C#C[C@H]3O[C@H](CO)[C@@H](O)[C@H](O)[C@@H]3O)ccc2c2ccc(C#C[C@H]3O[C@H](CO)[C@@H](O)[C@H](O)[C@@H]3O)cc21.I.II.O=C(O)Cn1c2cc(C#C[C@H]3O[C@H](CO)[C@@H](O)[C@H](O)[C@@H]3O)ccc2c2ccc(C#C[C@H]3O[C@H](CO)[C@@H](O)[C@H](O)[C@@H]3O)cc21. The van der Waals surface area contributed by atoms with E-state index in [0.29, 0.717) is 50.9 Å². The van der Waals surface area contributed by atoms with Crippen LogP contribution >= 0.6 is 93.1 Å². The van der Waals surface area contributed by atoms with E-state index < -0.39 is 204 Å². The van der Waals surface area contributed by atoms with E-state index in [1.165, 1.54) is 0 Å². The Hall–Kier alpha value is -6.92. The first-order valence-corrected chi connectivity index (χ1v) is 46.4. The van der Waals surface area contributed by atoms with Gasteiger partial charge < -0.3 is 154 Å². The lowest BCUT2D eigenvalue weighted by atomic mass is 9.95. The zero-order valence-corrected chi connectivity index (χ0v) is 76.0. The van der Waals surface area contributed by atoms with Crippen LogP contribution in [0.1, 0.15) is 43.5 Å². The molecule has 0 amide bonds. The highest BCUT2D eigenvalue weighted by Gasteiger charge is 2.47. The summed E-state index contributed by atoms with van der Waals surface area (Å²) in [6, 6.07) is 33.0. The number of rotatable bonds is 13. The number of carboxylic acid groups (broad SMARTS) is 1. The average molecular weight is 2220 g/mol. The smallest absolute Gasteiger partial charge is 0.325 e. The summed E-state index contributed by atoms with van der Waals surface area (Å²) in [5.41, 5.74) is 6.27. The second-order valence-electron chi connectivity index (χ2n) is 29.0. The Labute approximate surface area is 778 Å². The fraction of sp³-hybridized carbons (Fsp3) is 0.437. The van der Waals surface area contributed by atoms with Gasteiger partial charge in [-0.25, -0.2) is 0 Å². The highest BCUT2D eigenvalue weighted by atomic mass is 128. The normalized spacial score (nSPS) is 29.0. The van der Waals surface area contributed by atoms with Crippen LogP contribution in [0.2, 0.25) is 0 Å². The zero-order chi connectivity index (χ0) is 90.4. The maximum Gasteiger partial charge on any atom is 0.325 e. The second kappa shape index (κ2) is 47.8. The van der Waals surface area contributed by atoms with Gasteiger partial charge >= 0.3 is 17.9 Å². The van der Waals surface area contributed by atoms with Crippen molar-refractivity contribution in [2.75, 3.05) is 46.2 Å². The van der Waals surface area contributed by atoms with Gasteiger partial charge in [-0.1, -0.05) is 129 Å². The summed E-state index contributed by atoms with van der Waals surface area (Å²) in [5.74, 6) is 22.7. The summed E-state index contributed by atoms with van der Waals surface area (Å²) in [6.07, 6.45) is -28.3. The molecular formula is C87H96Br2I3N3O31. The second-order valence-corrected chi connectivity index (χ2v) is 30.8. The van der Waals surface area contributed by atoms with Gasteiger partial charge in [0, 0.05) is 101 Å². The van der Waals surface area contributed by atoms with Crippen LogP contribution in [0.5, 0.6) is 0 Å². The maximum atomic E-state index is 12.6. The van der Waals surface area contributed by atoms with Gasteiger partial charge in [-0.2, -0.15) is 0 Å². The average Bonchev–Trinajstić information content (AvgIpc) is 1.60. The third-order valence-electron chi connectivity index (χ3n) is 21.1. The number of benzene rings is 6. The molecule has 0 spiro atoms. The van der Waals surface area contributed by atoms with E-state index in [1.54, 1.807) is 76.7 Å². The third kappa shape index (κ3) is 23.9. The number of terminal acetylenes is 1. The Morgan fingerprint density at radius 1 is 0.357 bits per heavy atom. The molecule has 5 aliphatic rings. The Morgan fingerprint density at radius 3 is 0.794 bits per heavy atom. The van der Waals surface area contributed by atoms with E-state index in [4.69, 9.17) is 44.7 Å². The molecule has 680 valence electrons. The number of hydrogen-bond acceptors (Lipinski definition) is 30. The number of carbonyl (C=O) groups is 3. The summed E-state index contributed by atoms with van der Waals surface area (Å²) in [5, 5.41) is 211. The molecule has 0 bridgehead atoms. The predicted molar refractivity (Wildman–Crippen MR) is 490 cm³/mol. The van der Waals surface area contributed by atoms with Crippen molar-refractivity contribution in [1.29, 1.82) is 0 Å². The minimum Gasteiger partial charge on any atom is -0.480 e. The molecule has 6 aromatic carbocycles. The van der Waals surface area contributed by atoms with Crippen molar-refractivity contribution in [3.05, 3.63) is 140 Å². The van der Waals surface area contributed by atoms with Gasteiger partial charge in [-0.15, -0.1) is 30.4 Å². The van der Waals surface area contributed by atoms with Crippen molar-refractivity contribution in [3.63, 3.8) is 0 Å². The van der Waals surface area contributed by atoms with Crippen LogP contribution < -0.4 is 0 Å². The van der Waals surface area contributed by atoms with Gasteiger partial charge in [-0.05, 0) is 86.6 Å². The van der Waals surface area contributed by atoms with E-state index in [9.17, 15) is 117 Å². The van der Waals surface area contributed by atoms with Crippen LogP contribution in [0.15, 0.2) is 118 Å². The van der Waals surface area contributed by atoms with E-state index in [1.807, 2.05) is 47.9 Å². The van der Waals surface area contributed by atoms with Crippen molar-refractivity contribution >= 4 is 176 Å². The Balaban J connectivity index is 0.000000224. The molecular weight excluding hydrogens is 2120 g/mol. The topological polar surface area (TPSA) is 555 Å². The van der Waals surface area contributed by atoms with E-state index in [0.717, 1.165) is 52.3 Å². The van der Waals surface area contributed by atoms with Gasteiger partial charge in [0.25, 0.3) is 0 Å². The Morgan fingerprint density at radius 2 is 0.571 bits per heavy atom. The molecule has 8 heterocycles. The van der Waals surface area contributed by atoms with Crippen molar-refractivity contribution < 1.29 is 155 Å². The molecule has 21 N–H and O–H groups in total. The molecule has 5 saturated heterocycles. The third-order valence-corrected chi connectivity index (χ3v) is 22.1. The van der Waals surface area contributed by atoms with Crippen LogP contribution in [-0.2, 0) is 67.2 Å². The molecule has 3 aromatic heterocycles. The summed E-state index contributed by atoms with van der Waals surface area (Å²) >= 11 is 11.2. The van der Waals surface area contributed by atoms with Crippen molar-refractivity contribution in [2.45, 2.75) is 194 Å². The monoisotopic (exact) mass is 2220 g/mol. The van der Waals surface area contributed by atoms with Crippen molar-refractivity contribution in [2.24, 2.45) is 0 Å². The summed E-state index contributed by atoms with van der Waals surface area (Å²) in [7, 11) is 0. The van der Waals surface area contributed by atoms with Crippen LogP contribution in [0.25, 0.3) is 65.4 Å². The first kappa shape index (κ1) is 104. The Kier molecular flexibility index (Phi) is 39.6. The summed E-state index contributed by atoms with van der Waals surface area (Å²) in [4.78, 5) is 36.3. The molecule has 0 radical (unpaired) electrons. The molecule has 9 aromatic rings. The lowest BCUT2D eigenvalue weighted by Crippen LogP contribution is -2.58. The minimum atomic E-state index is -1.57. The number of halogens is 5. The number of hydrogen-bond donors (Lipinski definition) is 21. The molecule has 0 aliphatic carbocycles. The molecule has 5 aliphatic heterocycles. The number of aliphatic hydroxyl groups excluding tert-OH is 20. The van der Waals surface area contributed by atoms with Crippen molar-refractivity contribution in [1.82, 2.24) is 13.7 Å². The number of carbonyl (C=O) groups excluding carboxylic acids is 2. The van der Waals surface area contributed by atoms with Gasteiger partial charge in [-0.3, -0.25) is 14.4 Å². The van der Waals surface area contributed by atoms with E-state index in [2.05, 4.69) is 135 Å². The predicted octanol–water partition coefficient (Wildman–Crippen LogP) is 0.382. The molecule has 0 unspecified atom stereocenters. The standard InChI is InChI=1S/C32H35NO12.C30H31NO12.C16H13Br2NO2.C8H12O5.CH4.I2.HI/c1-2-43-26(36)13-33-20-11-16(5-9-22-27(37)31(41)29(39)24(14-34)44-22)3-7-18(20)19-8-4-17(12-21(19)33)6-10-23-28(38)32(42)30(40)25(15-35)45-23;32-12-22-27(38)29(40)25(36)20(42-22)7-3-14-1-5-16-17-6-2-15(10-19(17)31(11-24(34)35)18(16)9-14)4-8-21-26(37)30(41)28(39)23(13-33)43-21;1-2-21-16(20)9-19-14-7-10(17)3-5-12(14)13-6-4-11(18)8-15(13)19;1-2-4-6(10)8(12)7(11)5(3-9)13-4;;1-2;/h3-4,7-8,11-12,22-25,27-32,34-35,37-42H,2,13-15H2,1H3;1-2,5-6,9-10,20-23,25-30,32-33,36-41H,11-13H2,(H,34,35);3-8H,2,9H2,1H3;1,4-12H,3H2;1H4;;1H/t22-,23-,24-,25-,27-,28-,29-,30-,31-,32-;20-,21-,22-,23-,25-,26-,27-,28-,29-,30-;;4-,5-,6-,7-,8-;;;/m11.1.../s1. The van der Waals surface area contributed by atoms with Crippen LogP contribution in [-0.4, -0.2) is 338 Å². The molecule has 39 heteroatoms. The number of nitrogens with zero attached hydrogens (tertiary/aromatic N) is 3. The summed E-state index contributed by atoms with van der Waals surface area (Å²) < 4.78 is 44.3. The molecule has 5 fully saturated rings. The molecule has 14 rings (SSSR count). The summed E-state index contributed by atoms with van der Waals surface area (Å²) in [6.45, 7) is 0.998.